The molecule has 0 radical (unpaired) electrons. The van der Waals surface area contributed by atoms with Gasteiger partial charge in [0.1, 0.15) is 11.9 Å². The Balaban J connectivity index is 2.59. The van der Waals surface area contributed by atoms with Crippen LogP contribution in [0.2, 0.25) is 0 Å². The Hall–Kier alpha value is -2.18. The van der Waals surface area contributed by atoms with E-state index < -0.39 is 0 Å². The number of hydrogen-bond donors (Lipinski definition) is 0. The van der Waals surface area contributed by atoms with E-state index in [-0.39, 0.29) is 10.8 Å². The van der Waals surface area contributed by atoms with Gasteiger partial charge in [0.2, 0.25) is 0 Å². The van der Waals surface area contributed by atoms with Gasteiger partial charge in [0.15, 0.2) is 0 Å². The lowest BCUT2D eigenvalue weighted by atomic mass is 10.0. The van der Waals surface area contributed by atoms with Crippen LogP contribution in [0.4, 0.5) is 4.39 Å². The van der Waals surface area contributed by atoms with Crippen LogP contribution in [0.15, 0.2) is 42.7 Å². The molecule has 0 unspecified atom stereocenters. The van der Waals surface area contributed by atoms with E-state index in [1.807, 2.05) is 0 Å². The van der Waals surface area contributed by atoms with Crippen LogP contribution in [0.1, 0.15) is 16.7 Å². The molecule has 0 spiro atoms. The molecule has 2 nitrogen and oxygen atoms in total. The zero-order valence-corrected chi connectivity index (χ0v) is 10.9. The molecule has 1 heterocycles. The Morgan fingerprint density at radius 1 is 1.21 bits per heavy atom. The lowest BCUT2D eigenvalue weighted by molar-refractivity contribution is 0.626. The molecule has 0 aliphatic heterocycles. The minimum absolute atomic E-state index is 0.233. The second-order valence-electron chi connectivity index (χ2n) is 4.05. The van der Waals surface area contributed by atoms with Crippen molar-refractivity contribution in [2.45, 2.75) is 6.92 Å². The van der Waals surface area contributed by atoms with Crippen LogP contribution in [-0.4, -0.2) is 4.98 Å². The van der Waals surface area contributed by atoms with E-state index in [1.54, 1.807) is 37.5 Å². The summed E-state index contributed by atoms with van der Waals surface area (Å²) in [5.41, 5.74) is 2.20. The van der Waals surface area contributed by atoms with E-state index in [4.69, 9.17) is 11.6 Å². The third kappa shape index (κ3) is 2.98. The first-order valence-electron chi connectivity index (χ1n) is 5.59. The van der Waals surface area contributed by atoms with Crippen molar-refractivity contribution < 1.29 is 4.39 Å². The van der Waals surface area contributed by atoms with Gasteiger partial charge in [0.25, 0.3) is 0 Å². The smallest absolute Gasteiger partial charge is 0.124 e. The van der Waals surface area contributed by atoms with Crippen molar-refractivity contribution in [3.8, 4) is 6.07 Å². The molecule has 2 rings (SSSR count). The maximum atomic E-state index is 13.4. The van der Waals surface area contributed by atoms with Crippen LogP contribution in [0, 0.1) is 24.1 Å². The number of aryl methyl sites for hydroxylation is 1. The number of rotatable bonds is 2. The van der Waals surface area contributed by atoms with Gasteiger partial charge in [-0.2, -0.15) is 5.26 Å². The fraction of sp³-hybridized carbons (Fsp3) is 0.0667. The second kappa shape index (κ2) is 5.64. The molecule has 2 aromatic rings. The van der Waals surface area contributed by atoms with Gasteiger partial charge in [-0.25, -0.2) is 4.39 Å². The molecule has 4 heteroatoms. The molecule has 0 N–H and O–H groups in total. The normalized spacial score (nSPS) is 11.7. The molecular formula is C15H10ClFN2. The third-order valence-corrected chi connectivity index (χ3v) is 3.00. The van der Waals surface area contributed by atoms with Crippen LogP contribution in [-0.2, 0) is 0 Å². The Kier molecular flexibility index (Phi) is 3.94. The molecule has 0 fully saturated rings. The first-order valence-corrected chi connectivity index (χ1v) is 5.97. The summed E-state index contributed by atoms with van der Waals surface area (Å²) in [5, 5.41) is 9.48. The summed E-state index contributed by atoms with van der Waals surface area (Å²) in [6.07, 6.45) is 3.15. The molecule has 0 amide bonds. The standard InChI is InChI=1S/C15H10ClFN2/c1-10-6-12(8-13(17)7-10)15(16)14(9-18)11-2-4-19-5-3-11/h2-8H,1H3/b15-14+. The fourth-order valence-electron chi connectivity index (χ4n) is 1.77. The second-order valence-corrected chi connectivity index (χ2v) is 4.43. The number of hydrogen-bond acceptors (Lipinski definition) is 2. The highest BCUT2D eigenvalue weighted by atomic mass is 35.5. The highest BCUT2D eigenvalue weighted by Crippen LogP contribution is 2.29. The van der Waals surface area contributed by atoms with Crippen LogP contribution in [0.5, 0.6) is 0 Å². The van der Waals surface area contributed by atoms with E-state index in [2.05, 4.69) is 11.1 Å². The molecule has 0 aliphatic rings. The van der Waals surface area contributed by atoms with Gasteiger partial charge in [0, 0.05) is 12.4 Å². The van der Waals surface area contributed by atoms with Gasteiger partial charge < -0.3 is 0 Å². The number of nitrogens with zero attached hydrogens (tertiary/aromatic N) is 2. The molecule has 0 bridgehead atoms. The van der Waals surface area contributed by atoms with Gasteiger partial charge in [0.05, 0.1) is 10.6 Å². The summed E-state index contributed by atoms with van der Waals surface area (Å²) in [6, 6.07) is 9.89. The molecule has 0 saturated heterocycles. The quantitative estimate of drug-likeness (QED) is 0.770. The number of allylic oxidation sites excluding steroid dienone is 1. The summed E-state index contributed by atoms with van der Waals surface area (Å²) in [6.45, 7) is 1.77. The molecule has 1 aromatic carbocycles. The molecule has 0 atom stereocenters. The fourth-order valence-corrected chi connectivity index (χ4v) is 2.03. The van der Waals surface area contributed by atoms with Crippen molar-refractivity contribution in [2.75, 3.05) is 0 Å². The van der Waals surface area contributed by atoms with E-state index >= 15 is 0 Å². The van der Waals surface area contributed by atoms with Crippen molar-refractivity contribution in [3.63, 3.8) is 0 Å². The maximum absolute atomic E-state index is 13.4. The average Bonchev–Trinajstić information content (AvgIpc) is 2.39. The Morgan fingerprint density at radius 2 is 1.89 bits per heavy atom. The van der Waals surface area contributed by atoms with Crippen molar-refractivity contribution in [1.82, 2.24) is 4.98 Å². The zero-order valence-electron chi connectivity index (χ0n) is 10.2. The Labute approximate surface area is 115 Å². The van der Waals surface area contributed by atoms with E-state index in [0.29, 0.717) is 16.7 Å². The van der Waals surface area contributed by atoms with Crippen molar-refractivity contribution in [1.29, 1.82) is 5.26 Å². The molecule has 19 heavy (non-hydrogen) atoms. The molecule has 0 saturated carbocycles. The van der Waals surface area contributed by atoms with Gasteiger partial charge in [-0.1, -0.05) is 17.7 Å². The summed E-state index contributed by atoms with van der Waals surface area (Å²) in [4.78, 5) is 3.89. The summed E-state index contributed by atoms with van der Waals surface area (Å²) in [7, 11) is 0. The zero-order chi connectivity index (χ0) is 13.8. The average molecular weight is 273 g/mol. The Bertz CT molecular complexity index is 652. The van der Waals surface area contributed by atoms with Crippen molar-refractivity contribution in [2.24, 2.45) is 0 Å². The van der Waals surface area contributed by atoms with E-state index in [1.165, 1.54) is 12.1 Å². The Morgan fingerprint density at radius 3 is 2.47 bits per heavy atom. The molecule has 0 aliphatic carbocycles. The lowest BCUT2D eigenvalue weighted by Gasteiger charge is -2.06. The largest absolute Gasteiger partial charge is 0.265 e. The van der Waals surface area contributed by atoms with Crippen molar-refractivity contribution >= 4 is 22.2 Å². The first-order chi connectivity index (χ1) is 9.11. The molecule has 1 aromatic heterocycles. The number of pyridine rings is 1. The predicted molar refractivity (Wildman–Crippen MR) is 73.7 cm³/mol. The summed E-state index contributed by atoms with van der Waals surface area (Å²) < 4.78 is 13.4. The van der Waals surface area contributed by atoms with E-state index in [9.17, 15) is 9.65 Å². The topological polar surface area (TPSA) is 36.7 Å². The maximum Gasteiger partial charge on any atom is 0.124 e. The molecular weight excluding hydrogens is 263 g/mol. The summed E-state index contributed by atoms with van der Waals surface area (Å²) in [5.74, 6) is -0.375. The van der Waals surface area contributed by atoms with Crippen molar-refractivity contribution in [3.05, 3.63) is 65.2 Å². The number of aromatic nitrogens is 1. The lowest BCUT2D eigenvalue weighted by Crippen LogP contribution is -1.89. The van der Waals surface area contributed by atoms with Gasteiger partial charge in [-0.15, -0.1) is 0 Å². The minimum atomic E-state index is -0.375. The molecule has 94 valence electrons. The van der Waals surface area contributed by atoms with Gasteiger partial charge in [-0.05, 0) is 47.9 Å². The summed E-state index contributed by atoms with van der Waals surface area (Å²) >= 11 is 6.22. The highest BCUT2D eigenvalue weighted by molar-refractivity contribution is 6.53. The number of halogens is 2. The minimum Gasteiger partial charge on any atom is -0.265 e. The van der Waals surface area contributed by atoms with Crippen LogP contribution < -0.4 is 0 Å². The van der Waals surface area contributed by atoms with Crippen LogP contribution in [0.25, 0.3) is 10.6 Å². The van der Waals surface area contributed by atoms with Crippen LogP contribution >= 0.6 is 11.6 Å². The SMILES string of the molecule is Cc1cc(F)cc(/C(Cl)=C(/C#N)c2ccncc2)c1. The monoisotopic (exact) mass is 272 g/mol. The number of nitriles is 1. The van der Waals surface area contributed by atoms with E-state index in [0.717, 1.165) is 5.56 Å². The number of benzene rings is 1. The first kappa shape index (κ1) is 13.3. The predicted octanol–water partition coefficient (Wildman–Crippen LogP) is 4.16. The van der Waals surface area contributed by atoms with Gasteiger partial charge in [-0.3, -0.25) is 4.98 Å². The highest BCUT2D eigenvalue weighted by Gasteiger charge is 2.10. The van der Waals surface area contributed by atoms with Gasteiger partial charge >= 0.3 is 0 Å². The van der Waals surface area contributed by atoms with Crippen LogP contribution in [0.3, 0.4) is 0 Å². The third-order valence-electron chi connectivity index (χ3n) is 2.60.